The summed E-state index contributed by atoms with van der Waals surface area (Å²) in [5, 5.41) is 0. The molecule has 0 saturated heterocycles. The fraction of sp³-hybridized carbons (Fsp3) is 0.318. The van der Waals surface area contributed by atoms with Gasteiger partial charge in [-0.05, 0) is 13.0 Å². The van der Waals surface area contributed by atoms with Crippen LogP contribution in [0, 0.1) is 6.92 Å². The number of rotatable bonds is 4. The highest BCUT2D eigenvalue weighted by molar-refractivity contribution is 6.18. The van der Waals surface area contributed by atoms with Crippen molar-refractivity contribution >= 4 is 17.6 Å². The lowest BCUT2D eigenvalue weighted by Gasteiger charge is -2.35. The monoisotopic (exact) mass is 425 g/mol. The van der Waals surface area contributed by atoms with Crippen molar-refractivity contribution in [1.82, 2.24) is 4.57 Å². The Hall–Kier alpha value is -3.59. The highest BCUT2D eigenvalue weighted by atomic mass is 16.5. The number of amides is 1. The highest BCUT2D eigenvalue weighted by Gasteiger charge is 2.61. The Labute approximate surface area is 178 Å². The van der Waals surface area contributed by atoms with Crippen LogP contribution in [0.15, 0.2) is 46.6 Å². The first-order valence-electron chi connectivity index (χ1n) is 9.68. The van der Waals surface area contributed by atoms with Gasteiger partial charge in [0.25, 0.3) is 5.56 Å². The minimum Gasteiger partial charge on any atom is -0.465 e. The molecule has 1 atom stereocenters. The Bertz CT molecular complexity index is 1200. The topological polar surface area (TPSA) is 113 Å². The van der Waals surface area contributed by atoms with Crippen molar-refractivity contribution in [2.75, 3.05) is 32.8 Å². The molecule has 0 fully saturated rings. The number of benzene rings is 1. The molecule has 4 rings (SSSR count). The fourth-order valence-electron chi connectivity index (χ4n) is 4.50. The summed E-state index contributed by atoms with van der Waals surface area (Å²) in [6.45, 7) is 2.31. The van der Waals surface area contributed by atoms with Crippen LogP contribution in [0.1, 0.15) is 16.8 Å². The normalized spacial score (nSPS) is 19.4. The fourth-order valence-corrected chi connectivity index (χ4v) is 4.50. The first kappa shape index (κ1) is 20.7. The average molecular weight is 425 g/mol. The van der Waals surface area contributed by atoms with Crippen LogP contribution < -0.4 is 20.9 Å². The number of aryl methyl sites for hydroxylation is 1. The number of nitrogens with zero attached hydrogens (tertiary/aromatic N) is 2. The SMILES string of the molecule is COCCn1c(C)cc2c(c1=O)C1(C(=O)N(C)c3ccccc31)C(C(=O)OC)=C(N)O2. The Morgan fingerprint density at radius 1 is 1.23 bits per heavy atom. The zero-order valence-electron chi connectivity index (χ0n) is 17.7. The quantitative estimate of drug-likeness (QED) is 0.721. The molecule has 1 aromatic heterocycles. The molecule has 1 unspecified atom stereocenters. The van der Waals surface area contributed by atoms with Crippen molar-refractivity contribution in [3.63, 3.8) is 0 Å². The third-order valence-corrected chi connectivity index (χ3v) is 5.89. The molecule has 3 heterocycles. The predicted octanol–water partition coefficient (Wildman–Crippen LogP) is 0.801. The molecule has 9 nitrogen and oxygen atoms in total. The lowest BCUT2D eigenvalue weighted by Crippen LogP contribution is -2.51. The van der Waals surface area contributed by atoms with E-state index in [1.807, 2.05) is 0 Å². The van der Waals surface area contributed by atoms with Crippen LogP contribution in [0.25, 0.3) is 0 Å². The summed E-state index contributed by atoms with van der Waals surface area (Å²) in [4.78, 5) is 41.9. The van der Waals surface area contributed by atoms with Gasteiger partial charge < -0.3 is 29.4 Å². The summed E-state index contributed by atoms with van der Waals surface area (Å²) in [6.07, 6.45) is 0. The van der Waals surface area contributed by atoms with E-state index in [1.54, 1.807) is 44.3 Å². The van der Waals surface area contributed by atoms with E-state index in [2.05, 4.69) is 0 Å². The average Bonchev–Trinajstić information content (AvgIpc) is 2.96. The van der Waals surface area contributed by atoms with Gasteiger partial charge in [0, 0.05) is 43.7 Å². The molecule has 0 bridgehead atoms. The maximum absolute atomic E-state index is 13.8. The smallest absolute Gasteiger partial charge is 0.340 e. The van der Waals surface area contributed by atoms with E-state index in [4.69, 9.17) is 19.9 Å². The number of likely N-dealkylation sites (N-methyl/N-ethyl adjacent to an activating group) is 1. The summed E-state index contributed by atoms with van der Waals surface area (Å²) >= 11 is 0. The number of nitrogens with two attached hydrogens (primary N) is 1. The number of esters is 1. The molecular formula is C22H23N3O6. The number of para-hydroxylation sites is 1. The van der Waals surface area contributed by atoms with Crippen LogP contribution in [-0.4, -0.2) is 44.3 Å². The molecule has 0 saturated carbocycles. The highest BCUT2D eigenvalue weighted by Crippen LogP contribution is 2.54. The van der Waals surface area contributed by atoms with Crippen molar-refractivity contribution in [2.45, 2.75) is 18.9 Å². The molecule has 9 heteroatoms. The second-order valence-electron chi connectivity index (χ2n) is 7.44. The summed E-state index contributed by atoms with van der Waals surface area (Å²) in [7, 11) is 4.31. The van der Waals surface area contributed by atoms with Crippen LogP contribution >= 0.6 is 0 Å². The van der Waals surface area contributed by atoms with E-state index >= 15 is 0 Å². The number of anilines is 1. The molecule has 0 radical (unpaired) electrons. The number of aromatic nitrogens is 1. The molecule has 1 spiro atoms. The first-order chi connectivity index (χ1) is 14.8. The van der Waals surface area contributed by atoms with E-state index in [1.165, 1.54) is 23.7 Å². The van der Waals surface area contributed by atoms with Gasteiger partial charge in [-0.25, -0.2) is 4.79 Å². The van der Waals surface area contributed by atoms with Crippen LogP contribution in [0.4, 0.5) is 5.69 Å². The van der Waals surface area contributed by atoms with Crippen LogP contribution in [0.3, 0.4) is 0 Å². The maximum atomic E-state index is 13.8. The van der Waals surface area contributed by atoms with Gasteiger partial charge in [-0.1, -0.05) is 18.2 Å². The molecule has 2 N–H and O–H groups in total. The van der Waals surface area contributed by atoms with E-state index in [-0.39, 0.29) is 29.3 Å². The summed E-state index contributed by atoms with van der Waals surface area (Å²) < 4.78 is 17.3. The predicted molar refractivity (Wildman–Crippen MR) is 112 cm³/mol. The largest absolute Gasteiger partial charge is 0.465 e. The summed E-state index contributed by atoms with van der Waals surface area (Å²) in [5.74, 6) is -1.46. The number of methoxy groups -OCH3 is 2. The van der Waals surface area contributed by atoms with E-state index in [9.17, 15) is 14.4 Å². The molecule has 162 valence electrons. The van der Waals surface area contributed by atoms with Gasteiger partial charge in [0.1, 0.15) is 16.7 Å². The molecule has 0 aliphatic carbocycles. The van der Waals surface area contributed by atoms with Gasteiger partial charge in [0.15, 0.2) is 0 Å². The minimum atomic E-state index is -1.78. The van der Waals surface area contributed by atoms with Crippen LogP contribution in [0.5, 0.6) is 5.75 Å². The van der Waals surface area contributed by atoms with E-state index in [0.29, 0.717) is 23.6 Å². The van der Waals surface area contributed by atoms with Gasteiger partial charge >= 0.3 is 5.97 Å². The van der Waals surface area contributed by atoms with Crippen molar-refractivity contribution < 1.29 is 23.8 Å². The molecule has 2 aliphatic heterocycles. The Morgan fingerprint density at radius 2 is 1.94 bits per heavy atom. The van der Waals surface area contributed by atoms with Crippen LogP contribution in [0.2, 0.25) is 0 Å². The van der Waals surface area contributed by atoms with Gasteiger partial charge in [0.2, 0.25) is 11.8 Å². The summed E-state index contributed by atoms with van der Waals surface area (Å²) in [6, 6.07) is 8.62. The zero-order chi connectivity index (χ0) is 22.5. The number of pyridine rings is 1. The Morgan fingerprint density at radius 3 is 2.61 bits per heavy atom. The maximum Gasteiger partial charge on any atom is 0.340 e. The Balaban J connectivity index is 2.17. The van der Waals surface area contributed by atoms with Gasteiger partial charge in [-0.15, -0.1) is 0 Å². The molecule has 2 aliphatic rings. The van der Waals surface area contributed by atoms with Gasteiger partial charge in [-0.3, -0.25) is 9.59 Å². The number of fused-ring (bicyclic) bond motifs is 4. The second-order valence-corrected chi connectivity index (χ2v) is 7.44. The third kappa shape index (κ3) is 2.63. The van der Waals surface area contributed by atoms with Crippen LogP contribution in [-0.2, 0) is 31.0 Å². The van der Waals surface area contributed by atoms with Crippen molar-refractivity contribution in [3.05, 3.63) is 69.0 Å². The lowest BCUT2D eigenvalue weighted by molar-refractivity contribution is -0.138. The Kier molecular flexibility index (Phi) is 4.85. The number of carbonyl (C=O) groups excluding carboxylic acids is 2. The number of hydrogen-bond acceptors (Lipinski definition) is 7. The van der Waals surface area contributed by atoms with Crippen molar-refractivity contribution in [1.29, 1.82) is 0 Å². The molecule has 1 amide bonds. The van der Waals surface area contributed by atoms with Crippen molar-refractivity contribution in [3.8, 4) is 5.75 Å². The molecule has 31 heavy (non-hydrogen) atoms. The second kappa shape index (κ2) is 7.28. The number of ether oxygens (including phenoxy) is 3. The molecule has 1 aromatic carbocycles. The first-order valence-corrected chi connectivity index (χ1v) is 9.68. The lowest BCUT2D eigenvalue weighted by atomic mass is 9.68. The number of carbonyl (C=O) groups is 2. The van der Waals surface area contributed by atoms with Crippen molar-refractivity contribution in [2.24, 2.45) is 5.73 Å². The zero-order valence-corrected chi connectivity index (χ0v) is 17.7. The molecular weight excluding hydrogens is 402 g/mol. The number of hydrogen-bond donors (Lipinski definition) is 1. The van der Waals surface area contributed by atoms with Gasteiger partial charge in [-0.2, -0.15) is 0 Å². The van der Waals surface area contributed by atoms with Gasteiger partial charge in [0.05, 0.1) is 19.3 Å². The van der Waals surface area contributed by atoms with E-state index < -0.39 is 22.9 Å². The van der Waals surface area contributed by atoms with E-state index in [0.717, 1.165) is 0 Å². The summed E-state index contributed by atoms with van der Waals surface area (Å²) in [5.41, 5.74) is 5.40. The third-order valence-electron chi connectivity index (χ3n) is 5.89. The molecule has 2 aromatic rings. The minimum absolute atomic E-state index is 0.0330. The standard InChI is InChI=1S/C22H23N3O6/c1-12-11-15-16(19(26)25(12)9-10-29-3)22(17(18(23)31-15)20(27)30-4)13-7-5-6-8-14(13)24(2)21(22)28/h5-8,11H,9-10,23H2,1-4H3.